The summed E-state index contributed by atoms with van der Waals surface area (Å²) in [7, 11) is 3.54. The molecule has 0 heterocycles. The topological polar surface area (TPSA) is 0 Å². The molecular formula is C8H16F2S2. The first kappa shape index (κ1) is 12.6. The number of unbranched alkanes of at least 4 members (excludes halogenated alkanes) is 2. The van der Waals surface area contributed by atoms with Crippen LogP contribution in [0, 0.1) is 0 Å². The number of hydrogen-bond donors (Lipinski definition) is 0. The molecule has 0 nitrogen and oxygen atoms in total. The normalized spacial score (nSPS) is 10.5. The minimum absolute atomic E-state index is 0.201. The zero-order valence-electron chi connectivity index (χ0n) is 7.23. The van der Waals surface area contributed by atoms with E-state index in [0.717, 1.165) is 24.3 Å². The van der Waals surface area contributed by atoms with Gasteiger partial charge in [-0.1, -0.05) is 21.6 Å². The SMILES string of the molecule is FCCCCSSCCCCF. The Hall–Kier alpha value is 0.560. The lowest BCUT2D eigenvalue weighted by molar-refractivity contribution is 0.470. The number of halogens is 2. The molecular weight excluding hydrogens is 198 g/mol. The zero-order chi connectivity index (χ0) is 9.07. The average Bonchev–Trinajstić information content (AvgIpc) is 2.10. The summed E-state index contributed by atoms with van der Waals surface area (Å²) in [5.74, 6) is 2.04. The van der Waals surface area contributed by atoms with Gasteiger partial charge in [-0.25, -0.2) is 0 Å². The fourth-order valence-electron chi connectivity index (χ4n) is 0.629. The summed E-state index contributed by atoms with van der Waals surface area (Å²) >= 11 is 0. The van der Waals surface area contributed by atoms with Crippen LogP contribution in [0.3, 0.4) is 0 Å². The fourth-order valence-corrected chi connectivity index (χ4v) is 2.92. The van der Waals surface area contributed by atoms with Crippen molar-refractivity contribution >= 4 is 21.6 Å². The molecule has 0 radical (unpaired) electrons. The van der Waals surface area contributed by atoms with Crippen LogP contribution in [-0.4, -0.2) is 24.9 Å². The Labute approximate surface area is 81.3 Å². The predicted molar refractivity (Wildman–Crippen MR) is 55.3 cm³/mol. The first-order chi connectivity index (χ1) is 5.91. The van der Waals surface area contributed by atoms with Gasteiger partial charge in [0.25, 0.3) is 0 Å². The van der Waals surface area contributed by atoms with E-state index in [9.17, 15) is 8.78 Å². The summed E-state index contributed by atoms with van der Waals surface area (Å²) < 4.78 is 23.2. The van der Waals surface area contributed by atoms with E-state index >= 15 is 0 Å². The smallest absolute Gasteiger partial charge is 0.0894 e. The Kier molecular flexibility index (Phi) is 12.1. The molecule has 0 aliphatic carbocycles. The van der Waals surface area contributed by atoms with Crippen LogP contribution in [0.1, 0.15) is 25.7 Å². The minimum Gasteiger partial charge on any atom is -0.251 e. The second kappa shape index (κ2) is 11.6. The summed E-state index contributed by atoms with van der Waals surface area (Å²) in [4.78, 5) is 0. The molecule has 0 bridgehead atoms. The van der Waals surface area contributed by atoms with Crippen molar-refractivity contribution in [2.24, 2.45) is 0 Å². The molecule has 0 saturated heterocycles. The molecule has 0 amide bonds. The highest BCUT2D eigenvalue weighted by Crippen LogP contribution is 2.23. The summed E-state index contributed by atoms with van der Waals surface area (Å²) in [6.45, 7) is -0.403. The van der Waals surface area contributed by atoms with E-state index in [2.05, 4.69) is 0 Å². The molecule has 0 aliphatic heterocycles. The molecule has 12 heavy (non-hydrogen) atoms. The molecule has 0 aromatic heterocycles. The van der Waals surface area contributed by atoms with Crippen LogP contribution in [0.5, 0.6) is 0 Å². The van der Waals surface area contributed by atoms with Crippen LogP contribution in [-0.2, 0) is 0 Å². The maximum absolute atomic E-state index is 11.6. The molecule has 0 spiro atoms. The van der Waals surface area contributed by atoms with Gasteiger partial charge in [-0.15, -0.1) is 0 Å². The van der Waals surface area contributed by atoms with E-state index in [1.165, 1.54) is 0 Å². The van der Waals surface area contributed by atoms with E-state index < -0.39 is 0 Å². The van der Waals surface area contributed by atoms with Crippen LogP contribution in [0.15, 0.2) is 0 Å². The van der Waals surface area contributed by atoms with Crippen LogP contribution < -0.4 is 0 Å². The largest absolute Gasteiger partial charge is 0.251 e. The molecule has 0 N–H and O–H groups in total. The number of hydrogen-bond acceptors (Lipinski definition) is 2. The average molecular weight is 214 g/mol. The fraction of sp³-hybridized carbons (Fsp3) is 1.00. The van der Waals surface area contributed by atoms with E-state index in [1.807, 2.05) is 0 Å². The van der Waals surface area contributed by atoms with Gasteiger partial charge in [0.15, 0.2) is 0 Å². The van der Waals surface area contributed by atoms with Crippen LogP contribution in [0.2, 0.25) is 0 Å². The molecule has 0 aromatic carbocycles. The molecule has 0 atom stereocenters. The Bertz CT molecular complexity index is 71.5. The first-order valence-electron chi connectivity index (χ1n) is 4.28. The molecule has 0 unspecified atom stereocenters. The van der Waals surface area contributed by atoms with Crippen molar-refractivity contribution in [3.8, 4) is 0 Å². The van der Waals surface area contributed by atoms with Gasteiger partial charge in [-0.3, -0.25) is 8.78 Å². The molecule has 0 rings (SSSR count). The van der Waals surface area contributed by atoms with Gasteiger partial charge in [0, 0.05) is 11.5 Å². The quantitative estimate of drug-likeness (QED) is 0.422. The van der Waals surface area contributed by atoms with Gasteiger partial charge >= 0.3 is 0 Å². The highest BCUT2D eigenvalue weighted by molar-refractivity contribution is 8.76. The highest BCUT2D eigenvalue weighted by Gasteiger charge is 1.91. The Morgan fingerprint density at radius 1 is 0.667 bits per heavy atom. The first-order valence-corrected chi connectivity index (χ1v) is 6.77. The third-order valence-corrected chi connectivity index (χ3v) is 3.88. The summed E-state index contributed by atoms with van der Waals surface area (Å²) in [5.41, 5.74) is 0. The molecule has 0 aliphatic rings. The van der Waals surface area contributed by atoms with Gasteiger partial charge < -0.3 is 0 Å². The lowest BCUT2D eigenvalue weighted by atomic mass is 10.4. The Morgan fingerprint density at radius 2 is 1.08 bits per heavy atom. The minimum atomic E-state index is -0.201. The van der Waals surface area contributed by atoms with Crippen LogP contribution in [0.4, 0.5) is 8.78 Å². The number of rotatable bonds is 9. The standard InChI is InChI=1S/C8H16F2S2/c9-5-1-3-7-11-12-8-4-2-6-10/h1-8H2. The van der Waals surface area contributed by atoms with Crippen molar-refractivity contribution in [2.75, 3.05) is 24.9 Å². The maximum atomic E-state index is 11.6. The van der Waals surface area contributed by atoms with Crippen molar-refractivity contribution in [2.45, 2.75) is 25.7 Å². The van der Waals surface area contributed by atoms with Crippen molar-refractivity contribution in [1.29, 1.82) is 0 Å². The van der Waals surface area contributed by atoms with Crippen molar-refractivity contribution in [1.82, 2.24) is 0 Å². The third kappa shape index (κ3) is 10.6. The molecule has 0 saturated carbocycles. The predicted octanol–water partition coefficient (Wildman–Crippen LogP) is 3.87. The van der Waals surface area contributed by atoms with E-state index in [4.69, 9.17) is 0 Å². The van der Waals surface area contributed by atoms with Gasteiger partial charge in [0.2, 0.25) is 0 Å². The number of alkyl halides is 2. The van der Waals surface area contributed by atoms with Gasteiger partial charge in [-0.2, -0.15) is 0 Å². The lowest BCUT2D eigenvalue weighted by Gasteiger charge is -1.98. The summed E-state index contributed by atoms with van der Waals surface area (Å²) in [6.07, 6.45) is 3.27. The highest BCUT2D eigenvalue weighted by atomic mass is 33.1. The summed E-state index contributed by atoms with van der Waals surface area (Å²) in [6, 6.07) is 0. The van der Waals surface area contributed by atoms with Crippen molar-refractivity contribution in [3.63, 3.8) is 0 Å². The van der Waals surface area contributed by atoms with Crippen molar-refractivity contribution in [3.05, 3.63) is 0 Å². The molecule has 74 valence electrons. The Morgan fingerprint density at radius 3 is 1.42 bits per heavy atom. The monoisotopic (exact) mass is 214 g/mol. The third-order valence-electron chi connectivity index (χ3n) is 1.31. The van der Waals surface area contributed by atoms with E-state index in [-0.39, 0.29) is 13.3 Å². The van der Waals surface area contributed by atoms with Gasteiger partial charge in [0.1, 0.15) is 0 Å². The van der Waals surface area contributed by atoms with E-state index in [0.29, 0.717) is 12.8 Å². The maximum Gasteiger partial charge on any atom is 0.0894 e. The summed E-state index contributed by atoms with van der Waals surface area (Å²) in [5, 5.41) is 0. The van der Waals surface area contributed by atoms with Gasteiger partial charge in [0.05, 0.1) is 13.3 Å². The van der Waals surface area contributed by atoms with Crippen molar-refractivity contribution < 1.29 is 8.78 Å². The second-order valence-electron chi connectivity index (χ2n) is 2.44. The molecule has 4 heteroatoms. The zero-order valence-corrected chi connectivity index (χ0v) is 8.86. The molecule has 0 aromatic rings. The molecule has 0 fully saturated rings. The lowest BCUT2D eigenvalue weighted by Crippen LogP contribution is -1.82. The van der Waals surface area contributed by atoms with E-state index in [1.54, 1.807) is 21.6 Å². The van der Waals surface area contributed by atoms with Crippen LogP contribution >= 0.6 is 21.6 Å². The van der Waals surface area contributed by atoms with Gasteiger partial charge in [-0.05, 0) is 25.7 Å². The Balaban J connectivity index is 2.73. The van der Waals surface area contributed by atoms with Crippen LogP contribution in [0.25, 0.3) is 0 Å². The second-order valence-corrected chi connectivity index (χ2v) is 5.14.